The van der Waals surface area contributed by atoms with E-state index in [9.17, 15) is 0 Å². The number of aromatic nitrogens is 3. The van der Waals surface area contributed by atoms with E-state index in [2.05, 4.69) is 25.2 Å². The van der Waals surface area contributed by atoms with Crippen LogP contribution in [0.3, 0.4) is 0 Å². The molecule has 0 saturated carbocycles. The maximum absolute atomic E-state index is 5.89. The highest BCUT2D eigenvalue weighted by Crippen LogP contribution is 2.22. The second-order valence-electron chi connectivity index (χ2n) is 5.13. The van der Waals surface area contributed by atoms with E-state index in [1.807, 2.05) is 24.3 Å². The quantitative estimate of drug-likeness (QED) is 0.933. The van der Waals surface area contributed by atoms with Crippen LogP contribution in [0.15, 0.2) is 24.3 Å². The van der Waals surface area contributed by atoms with Crippen LogP contribution in [0.4, 0.5) is 17.6 Å². The normalized spacial score (nSPS) is 14.7. The van der Waals surface area contributed by atoms with E-state index >= 15 is 0 Å². The number of nitrogens with zero attached hydrogens (tertiary/aromatic N) is 4. The number of ether oxygens (including phenoxy) is 1. The van der Waals surface area contributed by atoms with Gasteiger partial charge in [0.15, 0.2) is 0 Å². The second kappa shape index (κ2) is 6.79. The summed E-state index contributed by atoms with van der Waals surface area (Å²) in [4.78, 5) is 15.3. The van der Waals surface area contributed by atoms with Crippen molar-refractivity contribution in [3.8, 4) is 6.01 Å². The Balaban J connectivity index is 1.84. The molecule has 1 aliphatic heterocycles. The van der Waals surface area contributed by atoms with E-state index in [-0.39, 0.29) is 0 Å². The van der Waals surface area contributed by atoms with Crippen molar-refractivity contribution in [1.29, 1.82) is 0 Å². The number of anilines is 3. The predicted octanol–water partition coefficient (Wildman–Crippen LogP) is 3.27. The molecular weight excluding hydrogens is 302 g/mol. The summed E-state index contributed by atoms with van der Waals surface area (Å²) in [7, 11) is 1.56. The summed E-state index contributed by atoms with van der Waals surface area (Å²) in [5.41, 5.74) is 0.863. The molecule has 1 aliphatic rings. The molecule has 0 unspecified atom stereocenters. The first-order chi connectivity index (χ1) is 10.7. The zero-order valence-corrected chi connectivity index (χ0v) is 13.2. The van der Waals surface area contributed by atoms with Gasteiger partial charge >= 0.3 is 6.01 Å². The van der Waals surface area contributed by atoms with Crippen LogP contribution in [0.2, 0.25) is 5.02 Å². The van der Waals surface area contributed by atoms with Crippen LogP contribution >= 0.6 is 11.6 Å². The number of methoxy groups -OCH3 is 1. The van der Waals surface area contributed by atoms with Crippen LogP contribution in [0.25, 0.3) is 0 Å². The van der Waals surface area contributed by atoms with Crippen molar-refractivity contribution in [2.45, 2.75) is 19.3 Å². The van der Waals surface area contributed by atoms with Gasteiger partial charge in [0.25, 0.3) is 0 Å². The van der Waals surface area contributed by atoms with E-state index in [4.69, 9.17) is 16.3 Å². The van der Waals surface area contributed by atoms with Gasteiger partial charge in [0.05, 0.1) is 7.11 Å². The van der Waals surface area contributed by atoms with E-state index in [1.165, 1.54) is 6.42 Å². The van der Waals surface area contributed by atoms with Gasteiger partial charge in [-0.15, -0.1) is 0 Å². The molecule has 6 nitrogen and oxygen atoms in total. The molecule has 7 heteroatoms. The van der Waals surface area contributed by atoms with Gasteiger partial charge in [0, 0.05) is 23.8 Å². The Hall–Kier alpha value is -2.08. The van der Waals surface area contributed by atoms with Gasteiger partial charge in [0.2, 0.25) is 11.9 Å². The Kier molecular flexibility index (Phi) is 4.58. The zero-order valence-electron chi connectivity index (χ0n) is 12.4. The number of nitrogens with one attached hydrogen (secondary N) is 1. The fourth-order valence-corrected chi connectivity index (χ4v) is 2.52. The Bertz CT molecular complexity index is 628. The molecule has 0 spiro atoms. The topological polar surface area (TPSA) is 63.2 Å². The van der Waals surface area contributed by atoms with Crippen LogP contribution in [-0.2, 0) is 0 Å². The molecule has 0 radical (unpaired) electrons. The number of hydrogen-bond donors (Lipinski definition) is 1. The smallest absolute Gasteiger partial charge is 0.322 e. The van der Waals surface area contributed by atoms with Crippen molar-refractivity contribution in [2.24, 2.45) is 0 Å². The lowest BCUT2D eigenvalue weighted by molar-refractivity contribution is 0.378. The first-order valence-corrected chi connectivity index (χ1v) is 7.70. The molecule has 1 aromatic carbocycles. The molecule has 22 heavy (non-hydrogen) atoms. The van der Waals surface area contributed by atoms with Gasteiger partial charge < -0.3 is 15.0 Å². The SMILES string of the molecule is COc1nc(Nc2ccc(Cl)cc2)nc(N2CCCCC2)n1. The lowest BCUT2D eigenvalue weighted by Gasteiger charge is -2.26. The number of benzene rings is 1. The van der Waals surface area contributed by atoms with Crippen LogP contribution in [-0.4, -0.2) is 35.2 Å². The third-order valence-corrected chi connectivity index (χ3v) is 3.78. The lowest BCUT2D eigenvalue weighted by atomic mass is 10.1. The van der Waals surface area contributed by atoms with E-state index < -0.39 is 0 Å². The van der Waals surface area contributed by atoms with Gasteiger partial charge in [-0.25, -0.2) is 0 Å². The lowest BCUT2D eigenvalue weighted by Crippen LogP contribution is -2.31. The third kappa shape index (κ3) is 3.57. The van der Waals surface area contributed by atoms with Crippen molar-refractivity contribution < 1.29 is 4.74 Å². The summed E-state index contributed by atoms with van der Waals surface area (Å²) in [6.07, 6.45) is 3.58. The average molecular weight is 320 g/mol. The van der Waals surface area contributed by atoms with Gasteiger partial charge in [-0.05, 0) is 43.5 Å². The van der Waals surface area contributed by atoms with Gasteiger partial charge in [0.1, 0.15) is 0 Å². The first-order valence-electron chi connectivity index (χ1n) is 7.32. The van der Waals surface area contributed by atoms with Gasteiger partial charge in [-0.1, -0.05) is 11.6 Å². The Labute approximate surface area is 134 Å². The number of piperidine rings is 1. The Morgan fingerprint density at radius 2 is 1.77 bits per heavy atom. The molecule has 2 aromatic rings. The maximum Gasteiger partial charge on any atom is 0.322 e. The first kappa shape index (κ1) is 14.8. The molecule has 2 heterocycles. The largest absolute Gasteiger partial charge is 0.467 e. The third-order valence-electron chi connectivity index (χ3n) is 3.52. The second-order valence-corrected chi connectivity index (χ2v) is 5.56. The summed E-state index contributed by atoms with van der Waals surface area (Å²) in [6, 6.07) is 7.69. The van der Waals surface area contributed by atoms with Crippen LogP contribution in [0, 0.1) is 0 Å². The number of halogens is 1. The maximum atomic E-state index is 5.89. The summed E-state index contributed by atoms with van der Waals surface area (Å²) in [5.74, 6) is 1.12. The monoisotopic (exact) mass is 319 g/mol. The van der Waals surface area contributed by atoms with Crippen LogP contribution < -0.4 is 15.0 Å². The molecular formula is C15H18ClN5O. The van der Waals surface area contributed by atoms with Crippen molar-refractivity contribution in [1.82, 2.24) is 15.0 Å². The minimum atomic E-state index is 0.312. The molecule has 0 atom stereocenters. The van der Waals surface area contributed by atoms with Crippen molar-refractivity contribution in [3.63, 3.8) is 0 Å². The number of rotatable bonds is 4. The fraction of sp³-hybridized carbons (Fsp3) is 0.400. The van der Waals surface area contributed by atoms with Gasteiger partial charge in [-0.3, -0.25) is 0 Å². The molecule has 0 aliphatic carbocycles. The molecule has 0 amide bonds. The summed E-state index contributed by atoms with van der Waals surface area (Å²) < 4.78 is 5.19. The summed E-state index contributed by atoms with van der Waals surface area (Å²) in [6.45, 7) is 1.93. The van der Waals surface area contributed by atoms with E-state index in [1.54, 1.807) is 7.11 Å². The number of hydrogen-bond acceptors (Lipinski definition) is 6. The molecule has 1 saturated heterocycles. The fourth-order valence-electron chi connectivity index (χ4n) is 2.39. The van der Waals surface area contributed by atoms with Crippen molar-refractivity contribution in [3.05, 3.63) is 29.3 Å². The minimum absolute atomic E-state index is 0.312. The highest BCUT2D eigenvalue weighted by atomic mass is 35.5. The zero-order chi connectivity index (χ0) is 15.4. The molecule has 0 bridgehead atoms. The Morgan fingerprint density at radius 3 is 2.45 bits per heavy atom. The summed E-state index contributed by atoms with van der Waals surface area (Å²) in [5, 5.41) is 3.85. The highest BCUT2D eigenvalue weighted by molar-refractivity contribution is 6.30. The van der Waals surface area contributed by atoms with Crippen molar-refractivity contribution in [2.75, 3.05) is 30.4 Å². The molecule has 3 rings (SSSR count). The summed E-state index contributed by atoms with van der Waals surface area (Å²) >= 11 is 5.89. The van der Waals surface area contributed by atoms with Crippen LogP contribution in [0.5, 0.6) is 6.01 Å². The van der Waals surface area contributed by atoms with E-state index in [0.29, 0.717) is 22.9 Å². The Morgan fingerprint density at radius 1 is 1.05 bits per heavy atom. The van der Waals surface area contributed by atoms with Gasteiger partial charge in [-0.2, -0.15) is 15.0 Å². The minimum Gasteiger partial charge on any atom is -0.467 e. The standard InChI is InChI=1S/C15H18ClN5O/c1-22-15-19-13(17-12-7-5-11(16)6-8-12)18-14(20-15)21-9-3-2-4-10-21/h5-8H,2-4,9-10H2,1H3,(H,17,18,19,20). The van der Waals surface area contributed by atoms with Crippen LogP contribution in [0.1, 0.15) is 19.3 Å². The van der Waals surface area contributed by atoms with E-state index in [0.717, 1.165) is 31.6 Å². The average Bonchev–Trinajstić information content (AvgIpc) is 2.57. The van der Waals surface area contributed by atoms with Crippen molar-refractivity contribution >= 4 is 29.2 Å². The highest BCUT2D eigenvalue weighted by Gasteiger charge is 2.16. The predicted molar refractivity (Wildman–Crippen MR) is 87.2 cm³/mol. The molecule has 1 aromatic heterocycles. The molecule has 1 N–H and O–H groups in total. The molecule has 116 valence electrons. The molecule has 1 fully saturated rings.